The van der Waals surface area contributed by atoms with Gasteiger partial charge in [-0.05, 0) is 13.0 Å². The van der Waals surface area contributed by atoms with Crippen molar-refractivity contribution in [2.24, 2.45) is 0 Å². The third-order valence-electron chi connectivity index (χ3n) is 0.982. The van der Waals surface area contributed by atoms with Gasteiger partial charge < -0.3 is 4.74 Å². The Morgan fingerprint density at radius 3 is 2.67 bits per heavy atom. The maximum atomic E-state index is 10.8. The van der Waals surface area contributed by atoms with Gasteiger partial charge in [0.05, 0.1) is 20.6 Å². The Labute approximate surface area is 84.7 Å². The van der Waals surface area contributed by atoms with Crippen molar-refractivity contribution in [1.29, 1.82) is 0 Å². The molecule has 0 amide bonds. The van der Waals surface area contributed by atoms with E-state index < -0.39 is 0 Å². The minimum Gasteiger partial charge on any atom is -0.463 e. The summed E-state index contributed by atoms with van der Waals surface area (Å²) in [5.41, 5.74) is 0.409. The van der Waals surface area contributed by atoms with Crippen molar-refractivity contribution in [3.8, 4) is 0 Å². The van der Waals surface area contributed by atoms with E-state index in [0.29, 0.717) is 27.7 Å². The van der Waals surface area contributed by atoms with E-state index >= 15 is 0 Å². The van der Waals surface area contributed by atoms with E-state index in [1.54, 1.807) is 6.92 Å². The van der Waals surface area contributed by atoms with Gasteiger partial charge in [0.2, 0.25) is 0 Å². The SMILES string of the molecule is C=C(C)C(=O)OCC[Si]C(Cl)Cl. The molecule has 0 aromatic rings. The molecule has 0 aliphatic heterocycles. The number of carbonyl (C=O) groups is 1. The molecule has 5 heteroatoms. The van der Waals surface area contributed by atoms with Gasteiger partial charge in [-0.25, -0.2) is 4.79 Å². The summed E-state index contributed by atoms with van der Waals surface area (Å²) in [5.74, 6) is -0.361. The van der Waals surface area contributed by atoms with Crippen LogP contribution in [0.15, 0.2) is 12.2 Å². The molecule has 0 aromatic heterocycles. The molecule has 0 atom stereocenters. The van der Waals surface area contributed by atoms with Crippen molar-refractivity contribution in [3.05, 3.63) is 12.2 Å². The van der Waals surface area contributed by atoms with Crippen LogP contribution in [0.3, 0.4) is 0 Å². The van der Waals surface area contributed by atoms with Crippen molar-refractivity contribution < 1.29 is 9.53 Å². The summed E-state index contributed by atoms with van der Waals surface area (Å²) >= 11 is 11.0. The lowest BCUT2D eigenvalue weighted by Crippen LogP contribution is -2.10. The topological polar surface area (TPSA) is 26.3 Å². The molecule has 2 radical (unpaired) electrons. The van der Waals surface area contributed by atoms with Crippen LogP contribution < -0.4 is 0 Å². The Morgan fingerprint density at radius 1 is 1.67 bits per heavy atom. The predicted molar refractivity (Wildman–Crippen MR) is 51.8 cm³/mol. The lowest BCUT2D eigenvalue weighted by atomic mass is 10.4. The molecule has 0 rings (SSSR count). The smallest absolute Gasteiger partial charge is 0.333 e. The van der Waals surface area contributed by atoms with Crippen molar-refractivity contribution in [2.45, 2.75) is 17.4 Å². The van der Waals surface area contributed by atoms with Crippen LogP contribution in [-0.4, -0.2) is 26.6 Å². The largest absolute Gasteiger partial charge is 0.463 e. The van der Waals surface area contributed by atoms with Crippen LogP contribution in [0.1, 0.15) is 6.92 Å². The van der Waals surface area contributed by atoms with Gasteiger partial charge in [0.25, 0.3) is 0 Å². The second-order valence-electron chi connectivity index (χ2n) is 2.17. The molecular formula is C7H10Cl2O2Si. The van der Waals surface area contributed by atoms with E-state index in [4.69, 9.17) is 27.9 Å². The van der Waals surface area contributed by atoms with Crippen LogP contribution >= 0.6 is 23.2 Å². The summed E-state index contributed by atoms with van der Waals surface area (Å²) in [6.07, 6.45) is 0. The lowest BCUT2D eigenvalue weighted by Gasteiger charge is -2.03. The van der Waals surface area contributed by atoms with E-state index in [1.165, 1.54) is 0 Å². The van der Waals surface area contributed by atoms with Gasteiger partial charge in [-0.15, -0.1) is 23.2 Å². The molecule has 0 saturated heterocycles. The summed E-state index contributed by atoms with van der Waals surface area (Å²) in [6, 6.07) is 0.705. The molecule has 0 bridgehead atoms. The third kappa shape index (κ3) is 6.70. The van der Waals surface area contributed by atoms with Crippen LogP contribution in [0.25, 0.3) is 0 Å². The fraction of sp³-hybridized carbons (Fsp3) is 0.571. The summed E-state index contributed by atoms with van der Waals surface area (Å²) in [7, 11) is 0.406. The zero-order chi connectivity index (χ0) is 9.56. The molecule has 12 heavy (non-hydrogen) atoms. The molecule has 68 valence electrons. The normalized spacial score (nSPS) is 10.0. The summed E-state index contributed by atoms with van der Waals surface area (Å²) in [6.45, 7) is 5.41. The number of hydrogen-bond donors (Lipinski definition) is 0. The van der Waals surface area contributed by atoms with Crippen LogP contribution in [-0.2, 0) is 9.53 Å². The number of ether oxygens (including phenoxy) is 1. The number of hydrogen-bond acceptors (Lipinski definition) is 2. The minimum absolute atomic E-state index is 0.353. The van der Waals surface area contributed by atoms with Gasteiger partial charge in [-0.3, -0.25) is 0 Å². The maximum Gasteiger partial charge on any atom is 0.333 e. The first-order valence-corrected chi connectivity index (χ1v) is 5.54. The van der Waals surface area contributed by atoms with Gasteiger partial charge in [-0.2, -0.15) is 0 Å². The highest BCUT2D eigenvalue weighted by Crippen LogP contribution is 2.01. The maximum absolute atomic E-state index is 10.8. The fourth-order valence-electron chi connectivity index (χ4n) is 0.435. The van der Waals surface area contributed by atoms with E-state index in [9.17, 15) is 4.79 Å². The Balaban J connectivity index is 3.32. The van der Waals surface area contributed by atoms with Crippen molar-refractivity contribution in [3.63, 3.8) is 0 Å². The van der Waals surface area contributed by atoms with Gasteiger partial charge in [-0.1, -0.05) is 6.58 Å². The van der Waals surface area contributed by atoms with E-state index in [1.807, 2.05) is 0 Å². The molecule has 0 unspecified atom stereocenters. The highest BCUT2D eigenvalue weighted by atomic mass is 35.5. The van der Waals surface area contributed by atoms with Crippen molar-refractivity contribution >= 4 is 38.7 Å². The number of carbonyl (C=O) groups excluding carboxylic acids is 1. The third-order valence-corrected chi connectivity index (χ3v) is 2.71. The Kier molecular flexibility index (Phi) is 6.52. The minimum atomic E-state index is -0.361. The van der Waals surface area contributed by atoms with Crippen molar-refractivity contribution in [2.75, 3.05) is 6.61 Å². The predicted octanol–water partition coefficient (Wildman–Crippen LogP) is 1.99. The molecule has 2 nitrogen and oxygen atoms in total. The number of halogens is 2. The van der Waals surface area contributed by atoms with Gasteiger partial charge in [0.15, 0.2) is 0 Å². The second kappa shape index (κ2) is 6.52. The number of rotatable bonds is 5. The molecule has 0 spiro atoms. The summed E-state index contributed by atoms with van der Waals surface area (Å²) in [4.78, 5) is 10.8. The Morgan fingerprint density at radius 2 is 2.25 bits per heavy atom. The summed E-state index contributed by atoms with van der Waals surface area (Å²) in [5, 5.41) is 0. The van der Waals surface area contributed by atoms with Crippen LogP contribution in [0.2, 0.25) is 6.04 Å². The van der Waals surface area contributed by atoms with Crippen LogP contribution in [0.4, 0.5) is 0 Å². The van der Waals surface area contributed by atoms with E-state index in [-0.39, 0.29) is 10.4 Å². The number of alkyl halides is 2. The monoisotopic (exact) mass is 224 g/mol. The van der Waals surface area contributed by atoms with Crippen LogP contribution in [0, 0.1) is 0 Å². The first-order chi connectivity index (χ1) is 5.54. The number of esters is 1. The molecule has 0 aliphatic carbocycles. The molecule has 0 saturated carbocycles. The van der Waals surface area contributed by atoms with Gasteiger partial charge >= 0.3 is 5.97 Å². The van der Waals surface area contributed by atoms with Gasteiger partial charge in [0.1, 0.15) is 0 Å². The van der Waals surface area contributed by atoms with Crippen LogP contribution in [0.5, 0.6) is 0 Å². The second-order valence-corrected chi connectivity index (χ2v) is 5.48. The molecule has 0 heterocycles. The highest BCUT2D eigenvalue weighted by Gasteiger charge is 2.04. The quantitative estimate of drug-likeness (QED) is 0.235. The van der Waals surface area contributed by atoms with Crippen molar-refractivity contribution in [1.82, 2.24) is 0 Å². The molecule has 0 aromatic carbocycles. The summed E-state index contributed by atoms with van der Waals surface area (Å²) < 4.78 is 4.45. The molecular weight excluding hydrogens is 215 g/mol. The van der Waals surface area contributed by atoms with E-state index in [2.05, 4.69) is 6.58 Å². The Bertz CT molecular complexity index is 171. The first kappa shape index (κ1) is 12.0. The standard InChI is InChI=1S/C7H10Cl2O2Si/c1-5(2)6(10)11-3-4-12-7(8)9/h7H,1,3-4H2,2H3. The molecule has 0 fully saturated rings. The fourth-order valence-corrected chi connectivity index (χ4v) is 1.53. The van der Waals surface area contributed by atoms with Gasteiger partial charge in [0, 0.05) is 5.57 Å². The Hall–Kier alpha value is 0.00688. The average molecular weight is 225 g/mol. The zero-order valence-electron chi connectivity index (χ0n) is 6.77. The first-order valence-electron chi connectivity index (χ1n) is 3.38. The average Bonchev–Trinajstić information content (AvgIpc) is 1.97. The lowest BCUT2D eigenvalue weighted by molar-refractivity contribution is -0.138. The van der Waals surface area contributed by atoms with E-state index in [0.717, 1.165) is 0 Å². The zero-order valence-corrected chi connectivity index (χ0v) is 9.28. The molecule has 0 N–H and O–H groups in total. The highest BCUT2D eigenvalue weighted by molar-refractivity contribution is 6.68. The molecule has 0 aliphatic rings.